The molecule has 36 heavy (non-hydrogen) atoms. The molecule has 0 radical (unpaired) electrons. The second kappa shape index (κ2) is 9.27. The molecule has 10 heteroatoms. The van der Waals surface area contributed by atoms with Crippen LogP contribution in [0.25, 0.3) is 16.7 Å². The standard InChI is InChI=1S/C26H29N5O4S/c1-16-11-12-17(15-22(16)31-21-10-8-7-9-19(21)28-30-31)25(32)27-20-14-13-18(26(2,3)4)23(24(20)35-5)29-36(6,33)34/h7-15,29H,1-6H3,(H,27,32). The van der Waals surface area contributed by atoms with Gasteiger partial charge in [-0.15, -0.1) is 5.10 Å². The van der Waals surface area contributed by atoms with Gasteiger partial charge in [-0.2, -0.15) is 0 Å². The van der Waals surface area contributed by atoms with Crippen molar-refractivity contribution < 1.29 is 17.9 Å². The van der Waals surface area contributed by atoms with Gasteiger partial charge in [0.1, 0.15) is 5.52 Å². The Morgan fingerprint density at radius 2 is 1.78 bits per heavy atom. The molecule has 0 atom stereocenters. The van der Waals surface area contributed by atoms with Crippen molar-refractivity contribution in [3.05, 3.63) is 71.3 Å². The van der Waals surface area contributed by atoms with Crippen LogP contribution in [0.4, 0.5) is 11.4 Å². The minimum atomic E-state index is -3.60. The molecular formula is C26H29N5O4S. The third-order valence-electron chi connectivity index (χ3n) is 5.76. The van der Waals surface area contributed by atoms with Crippen molar-refractivity contribution in [2.75, 3.05) is 23.4 Å². The van der Waals surface area contributed by atoms with Gasteiger partial charge in [0.05, 0.1) is 35.9 Å². The molecule has 0 fully saturated rings. The van der Waals surface area contributed by atoms with Gasteiger partial charge in [0.15, 0.2) is 5.75 Å². The van der Waals surface area contributed by atoms with Crippen LogP contribution in [0, 0.1) is 6.92 Å². The van der Waals surface area contributed by atoms with E-state index < -0.39 is 10.0 Å². The van der Waals surface area contributed by atoms with Gasteiger partial charge in [0.2, 0.25) is 10.0 Å². The lowest BCUT2D eigenvalue weighted by atomic mass is 9.85. The highest BCUT2D eigenvalue weighted by molar-refractivity contribution is 7.92. The molecule has 0 saturated carbocycles. The van der Waals surface area contributed by atoms with Gasteiger partial charge in [0.25, 0.3) is 5.91 Å². The third kappa shape index (κ3) is 5.03. The van der Waals surface area contributed by atoms with Crippen LogP contribution < -0.4 is 14.8 Å². The number of fused-ring (bicyclic) bond motifs is 1. The second-order valence-corrected chi connectivity index (χ2v) is 11.4. The summed E-state index contributed by atoms with van der Waals surface area (Å²) in [6, 6.07) is 16.4. The van der Waals surface area contributed by atoms with Crippen LogP contribution in [0.1, 0.15) is 42.3 Å². The zero-order valence-electron chi connectivity index (χ0n) is 21.1. The van der Waals surface area contributed by atoms with Crippen molar-refractivity contribution in [1.82, 2.24) is 15.0 Å². The number of carbonyl (C=O) groups excluding carboxylic acids is 1. The van der Waals surface area contributed by atoms with Gasteiger partial charge in [-0.05, 0) is 53.8 Å². The average Bonchev–Trinajstić information content (AvgIpc) is 3.21. The van der Waals surface area contributed by atoms with Gasteiger partial charge in [-0.1, -0.05) is 50.3 Å². The molecule has 1 heterocycles. The molecule has 0 aliphatic rings. The first-order valence-electron chi connectivity index (χ1n) is 11.3. The van der Waals surface area contributed by atoms with E-state index in [4.69, 9.17) is 4.74 Å². The number of rotatable bonds is 6. The number of aryl methyl sites for hydroxylation is 1. The molecule has 0 unspecified atom stereocenters. The van der Waals surface area contributed by atoms with Crippen molar-refractivity contribution in [3.63, 3.8) is 0 Å². The van der Waals surface area contributed by atoms with Gasteiger partial charge in [0, 0.05) is 5.56 Å². The van der Waals surface area contributed by atoms with Crippen LogP contribution in [0.5, 0.6) is 5.75 Å². The number of anilines is 2. The lowest BCUT2D eigenvalue weighted by Gasteiger charge is -2.26. The minimum Gasteiger partial charge on any atom is -0.492 e. The fourth-order valence-electron chi connectivity index (χ4n) is 4.03. The molecule has 0 saturated heterocycles. The molecule has 2 N–H and O–H groups in total. The predicted octanol–water partition coefficient (Wildman–Crippen LogP) is 4.66. The van der Waals surface area contributed by atoms with Crippen LogP contribution in [0.2, 0.25) is 0 Å². The monoisotopic (exact) mass is 507 g/mol. The molecule has 0 aliphatic carbocycles. The van der Waals surface area contributed by atoms with Crippen LogP contribution in [0.3, 0.4) is 0 Å². The molecule has 0 spiro atoms. The summed E-state index contributed by atoms with van der Waals surface area (Å²) in [5, 5.41) is 11.3. The minimum absolute atomic E-state index is 0.232. The van der Waals surface area contributed by atoms with E-state index in [0.717, 1.165) is 34.1 Å². The predicted molar refractivity (Wildman–Crippen MR) is 142 cm³/mol. The van der Waals surface area contributed by atoms with Crippen molar-refractivity contribution >= 4 is 38.3 Å². The SMILES string of the molecule is COc1c(NC(=O)c2ccc(C)c(-n3nnc4ccccc43)c2)ccc(C(C)(C)C)c1NS(C)(=O)=O. The number of carbonyl (C=O) groups is 1. The third-order valence-corrected chi connectivity index (χ3v) is 6.33. The molecule has 4 rings (SSSR count). The smallest absolute Gasteiger partial charge is 0.255 e. The Morgan fingerprint density at radius 1 is 1.06 bits per heavy atom. The topological polar surface area (TPSA) is 115 Å². The van der Waals surface area contributed by atoms with Gasteiger partial charge >= 0.3 is 0 Å². The van der Waals surface area contributed by atoms with Crippen LogP contribution >= 0.6 is 0 Å². The fraction of sp³-hybridized carbons (Fsp3) is 0.269. The summed E-state index contributed by atoms with van der Waals surface area (Å²) < 4.78 is 34.1. The van der Waals surface area contributed by atoms with Gasteiger partial charge in [-0.3, -0.25) is 9.52 Å². The zero-order valence-corrected chi connectivity index (χ0v) is 21.9. The van der Waals surface area contributed by atoms with Crippen molar-refractivity contribution in [1.29, 1.82) is 0 Å². The number of ether oxygens (including phenoxy) is 1. The number of nitrogens with zero attached hydrogens (tertiary/aromatic N) is 3. The maximum Gasteiger partial charge on any atom is 0.255 e. The average molecular weight is 508 g/mol. The Hall–Kier alpha value is -3.92. The normalized spacial score (nSPS) is 11.9. The van der Waals surface area contributed by atoms with E-state index in [1.54, 1.807) is 28.9 Å². The number of amides is 1. The maximum atomic E-state index is 13.3. The van der Waals surface area contributed by atoms with E-state index in [0.29, 0.717) is 16.9 Å². The van der Waals surface area contributed by atoms with Crippen molar-refractivity contribution in [3.8, 4) is 11.4 Å². The Morgan fingerprint density at radius 3 is 2.44 bits per heavy atom. The first-order chi connectivity index (χ1) is 16.9. The summed E-state index contributed by atoms with van der Waals surface area (Å²) in [5.41, 5.74) is 4.62. The van der Waals surface area contributed by atoms with E-state index in [-0.39, 0.29) is 17.1 Å². The maximum absolute atomic E-state index is 13.3. The largest absolute Gasteiger partial charge is 0.492 e. The number of nitrogens with one attached hydrogen (secondary N) is 2. The number of benzene rings is 3. The lowest BCUT2D eigenvalue weighted by Crippen LogP contribution is -2.20. The second-order valence-electron chi connectivity index (χ2n) is 9.64. The number of hydrogen-bond donors (Lipinski definition) is 2. The summed E-state index contributed by atoms with van der Waals surface area (Å²) in [6.07, 6.45) is 1.08. The van der Waals surface area contributed by atoms with E-state index in [1.807, 2.05) is 58.0 Å². The lowest BCUT2D eigenvalue weighted by molar-refractivity contribution is 0.102. The number of hydrogen-bond acceptors (Lipinski definition) is 6. The molecule has 9 nitrogen and oxygen atoms in total. The number of aromatic nitrogens is 3. The Balaban J connectivity index is 1.74. The highest BCUT2D eigenvalue weighted by atomic mass is 32.2. The summed E-state index contributed by atoms with van der Waals surface area (Å²) >= 11 is 0. The molecule has 0 bridgehead atoms. The highest BCUT2D eigenvalue weighted by Crippen LogP contribution is 2.42. The van der Waals surface area contributed by atoms with Crippen molar-refractivity contribution in [2.45, 2.75) is 33.1 Å². The molecule has 188 valence electrons. The summed E-state index contributed by atoms with van der Waals surface area (Å²) in [5.74, 6) is -0.149. The fourth-order valence-corrected chi connectivity index (χ4v) is 4.60. The van der Waals surface area contributed by atoms with E-state index in [1.165, 1.54) is 7.11 Å². The van der Waals surface area contributed by atoms with Gasteiger partial charge in [-0.25, -0.2) is 13.1 Å². The summed E-state index contributed by atoms with van der Waals surface area (Å²) in [7, 11) is -2.17. The van der Waals surface area contributed by atoms with Crippen LogP contribution in [0.15, 0.2) is 54.6 Å². The van der Waals surface area contributed by atoms with E-state index >= 15 is 0 Å². The molecule has 1 aromatic heterocycles. The first-order valence-corrected chi connectivity index (χ1v) is 13.2. The van der Waals surface area contributed by atoms with Crippen LogP contribution in [-0.4, -0.2) is 42.7 Å². The highest BCUT2D eigenvalue weighted by Gasteiger charge is 2.26. The van der Waals surface area contributed by atoms with E-state index in [9.17, 15) is 13.2 Å². The van der Waals surface area contributed by atoms with Gasteiger partial charge < -0.3 is 10.1 Å². The first kappa shape index (κ1) is 25.2. The van der Waals surface area contributed by atoms with E-state index in [2.05, 4.69) is 20.4 Å². The molecule has 3 aromatic carbocycles. The Kier molecular flexibility index (Phi) is 6.48. The quantitative estimate of drug-likeness (QED) is 0.392. The zero-order chi connectivity index (χ0) is 26.3. The summed E-state index contributed by atoms with van der Waals surface area (Å²) in [6.45, 7) is 7.84. The molecule has 1 amide bonds. The molecule has 4 aromatic rings. The van der Waals surface area contributed by atoms with Crippen LogP contribution in [-0.2, 0) is 15.4 Å². The molecular weight excluding hydrogens is 478 g/mol. The Labute approximate surface area is 210 Å². The number of methoxy groups -OCH3 is 1. The number of para-hydroxylation sites is 1. The number of sulfonamides is 1. The van der Waals surface area contributed by atoms with Crippen molar-refractivity contribution in [2.24, 2.45) is 0 Å². The molecule has 0 aliphatic heterocycles. The Bertz CT molecular complexity index is 1570. The summed E-state index contributed by atoms with van der Waals surface area (Å²) in [4.78, 5) is 13.3.